The third-order valence-corrected chi connectivity index (χ3v) is 5.99. The van der Waals surface area contributed by atoms with Gasteiger partial charge in [0.25, 0.3) is 5.91 Å². The van der Waals surface area contributed by atoms with Crippen molar-refractivity contribution in [2.75, 3.05) is 25.5 Å². The maximum atomic E-state index is 13.4. The van der Waals surface area contributed by atoms with E-state index in [1.807, 2.05) is 60.7 Å². The van der Waals surface area contributed by atoms with Crippen LogP contribution in [0.3, 0.4) is 0 Å². The lowest BCUT2D eigenvalue weighted by atomic mass is 10.1. The molecule has 0 fully saturated rings. The molecule has 8 nitrogen and oxygen atoms in total. The number of anilines is 1. The van der Waals surface area contributed by atoms with Crippen LogP contribution in [0, 0.1) is 0 Å². The van der Waals surface area contributed by atoms with Gasteiger partial charge in [-0.1, -0.05) is 72.8 Å². The number of amides is 1. The van der Waals surface area contributed by atoms with E-state index in [1.54, 1.807) is 19.2 Å². The van der Waals surface area contributed by atoms with Crippen LogP contribution in [0.5, 0.6) is 5.75 Å². The van der Waals surface area contributed by atoms with Crippen LogP contribution in [0.15, 0.2) is 91.1 Å². The van der Waals surface area contributed by atoms with Crippen molar-refractivity contribution in [2.24, 2.45) is 0 Å². The molecule has 0 bridgehead atoms. The molecule has 37 heavy (non-hydrogen) atoms. The van der Waals surface area contributed by atoms with E-state index in [9.17, 15) is 20.1 Å². The zero-order chi connectivity index (χ0) is 26.2. The molecule has 2 unspecified atom stereocenters. The Morgan fingerprint density at radius 3 is 2.38 bits per heavy atom. The molecule has 2 atom stereocenters. The SMILES string of the molecule is CN(CC(O)c1cccc(O)c1)C(=O)c1cnc(NC(CO)Cc2ccccc2)nc1-c1ccccc1. The molecule has 0 aliphatic heterocycles. The Kier molecular flexibility index (Phi) is 8.45. The lowest BCUT2D eigenvalue weighted by Gasteiger charge is -2.23. The van der Waals surface area contributed by atoms with Crippen molar-refractivity contribution in [1.29, 1.82) is 0 Å². The summed E-state index contributed by atoms with van der Waals surface area (Å²) in [6.07, 6.45) is 1.07. The first-order valence-electron chi connectivity index (χ1n) is 12.0. The summed E-state index contributed by atoms with van der Waals surface area (Å²) in [5.41, 5.74) is 3.04. The van der Waals surface area contributed by atoms with Crippen molar-refractivity contribution in [2.45, 2.75) is 18.6 Å². The zero-order valence-electron chi connectivity index (χ0n) is 20.5. The minimum atomic E-state index is -0.980. The highest BCUT2D eigenvalue weighted by Gasteiger charge is 2.23. The highest BCUT2D eigenvalue weighted by atomic mass is 16.3. The highest BCUT2D eigenvalue weighted by Crippen LogP contribution is 2.25. The second-order valence-corrected chi connectivity index (χ2v) is 8.83. The van der Waals surface area contributed by atoms with E-state index in [0.717, 1.165) is 11.1 Å². The summed E-state index contributed by atoms with van der Waals surface area (Å²) in [5, 5.41) is 33.4. The Balaban J connectivity index is 1.57. The number of aliphatic hydroxyl groups excluding tert-OH is 2. The summed E-state index contributed by atoms with van der Waals surface area (Å²) in [6.45, 7) is -0.102. The molecule has 1 heterocycles. The average Bonchev–Trinajstić information content (AvgIpc) is 2.93. The average molecular weight is 499 g/mol. The number of carbonyl (C=O) groups is 1. The van der Waals surface area contributed by atoms with Gasteiger partial charge in [-0.05, 0) is 29.7 Å². The number of rotatable bonds is 10. The van der Waals surface area contributed by atoms with Crippen LogP contribution in [0.1, 0.15) is 27.6 Å². The van der Waals surface area contributed by atoms with Gasteiger partial charge in [0.1, 0.15) is 5.75 Å². The molecule has 0 saturated carbocycles. The molecule has 0 radical (unpaired) electrons. The first-order chi connectivity index (χ1) is 17.9. The number of likely N-dealkylation sites (N-methyl/N-ethyl adjacent to an activating group) is 1. The minimum absolute atomic E-state index is 0.0141. The monoisotopic (exact) mass is 498 g/mol. The number of hydrogen-bond acceptors (Lipinski definition) is 7. The fourth-order valence-corrected chi connectivity index (χ4v) is 4.05. The van der Waals surface area contributed by atoms with Gasteiger partial charge in [0, 0.05) is 18.8 Å². The van der Waals surface area contributed by atoms with Gasteiger partial charge in [0.05, 0.1) is 36.6 Å². The van der Waals surface area contributed by atoms with E-state index >= 15 is 0 Å². The Morgan fingerprint density at radius 1 is 1.00 bits per heavy atom. The highest BCUT2D eigenvalue weighted by molar-refractivity contribution is 5.99. The number of aromatic nitrogens is 2. The van der Waals surface area contributed by atoms with Gasteiger partial charge in [0.15, 0.2) is 0 Å². The second-order valence-electron chi connectivity index (χ2n) is 8.83. The Bertz CT molecular complexity index is 1320. The number of carbonyl (C=O) groups excluding carboxylic acids is 1. The molecule has 8 heteroatoms. The summed E-state index contributed by atoms with van der Waals surface area (Å²) >= 11 is 0. The van der Waals surface area contributed by atoms with Gasteiger partial charge >= 0.3 is 0 Å². The van der Waals surface area contributed by atoms with Crippen LogP contribution < -0.4 is 5.32 Å². The Morgan fingerprint density at radius 2 is 1.70 bits per heavy atom. The van der Waals surface area contributed by atoms with Gasteiger partial charge in [-0.3, -0.25) is 4.79 Å². The normalized spacial score (nSPS) is 12.5. The predicted molar refractivity (Wildman–Crippen MR) is 142 cm³/mol. The lowest BCUT2D eigenvalue weighted by Crippen LogP contribution is -2.32. The number of aliphatic hydroxyl groups is 2. The molecule has 0 spiro atoms. The quantitative estimate of drug-likeness (QED) is 0.263. The van der Waals surface area contributed by atoms with Gasteiger partial charge in [0.2, 0.25) is 5.95 Å². The fourth-order valence-electron chi connectivity index (χ4n) is 4.05. The molecule has 0 saturated heterocycles. The number of nitrogens with one attached hydrogen (secondary N) is 1. The van der Waals surface area contributed by atoms with Crippen LogP contribution in [-0.4, -0.2) is 62.3 Å². The summed E-state index contributed by atoms with van der Waals surface area (Å²) in [7, 11) is 1.59. The van der Waals surface area contributed by atoms with Crippen molar-refractivity contribution in [3.05, 3.63) is 108 Å². The van der Waals surface area contributed by atoms with Crippen molar-refractivity contribution in [3.8, 4) is 17.0 Å². The van der Waals surface area contributed by atoms with E-state index in [0.29, 0.717) is 23.6 Å². The third kappa shape index (κ3) is 6.69. The first kappa shape index (κ1) is 25.8. The minimum Gasteiger partial charge on any atom is -0.508 e. The summed E-state index contributed by atoms with van der Waals surface area (Å²) in [5.74, 6) is -0.0118. The smallest absolute Gasteiger partial charge is 0.257 e. The molecule has 4 N–H and O–H groups in total. The van der Waals surface area contributed by atoms with E-state index in [-0.39, 0.29) is 36.4 Å². The van der Waals surface area contributed by atoms with Crippen LogP contribution in [0.4, 0.5) is 5.95 Å². The number of phenols is 1. The predicted octanol–water partition coefficient (Wildman–Crippen LogP) is 3.67. The first-order valence-corrected chi connectivity index (χ1v) is 12.0. The third-order valence-electron chi connectivity index (χ3n) is 5.99. The van der Waals surface area contributed by atoms with E-state index in [2.05, 4.69) is 15.3 Å². The van der Waals surface area contributed by atoms with Gasteiger partial charge in [-0.25, -0.2) is 9.97 Å². The Labute approximate surface area is 215 Å². The molecule has 3 aromatic carbocycles. The molecule has 0 aliphatic carbocycles. The molecule has 1 aromatic heterocycles. The molecule has 0 aliphatic rings. The maximum Gasteiger partial charge on any atom is 0.257 e. The summed E-state index contributed by atoms with van der Waals surface area (Å²) in [4.78, 5) is 23.8. The number of phenolic OH excluding ortho intramolecular Hbond substituents is 1. The standard InChI is InChI=1S/C29H30N4O4/c1-33(18-26(36)22-13-8-14-24(35)16-22)28(37)25-17-30-29(32-27(25)21-11-6-3-7-12-21)31-23(19-34)15-20-9-4-2-5-10-20/h2-14,16-17,23,26,34-36H,15,18-19H2,1H3,(H,30,31,32). The fraction of sp³-hybridized carbons (Fsp3) is 0.207. The summed E-state index contributed by atoms with van der Waals surface area (Å²) < 4.78 is 0. The van der Waals surface area contributed by atoms with E-state index in [4.69, 9.17) is 0 Å². The molecule has 1 amide bonds. The number of aromatic hydroxyl groups is 1. The van der Waals surface area contributed by atoms with Crippen LogP contribution in [-0.2, 0) is 6.42 Å². The van der Waals surface area contributed by atoms with Gasteiger partial charge < -0.3 is 25.5 Å². The van der Waals surface area contributed by atoms with E-state index in [1.165, 1.54) is 23.2 Å². The van der Waals surface area contributed by atoms with Crippen molar-refractivity contribution in [3.63, 3.8) is 0 Å². The van der Waals surface area contributed by atoms with Gasteiger partial charge in [-0.2, -0.15) is 0 Å². The van der Waals surface area contributed by atoms with Crippen molar-refractivity contribution in [1.82, 2.24) is 14.9 Å². The van der Waals surface area contributed by atoms with Gasteiger partial charge in [-0.15, -0.1) is 0 Å². The molecule has 4 aromatic rings. The van der Waals surface area contributed by atoms with E-state index < -0.39 is 6.10 Å². The van der Waals surface area contributed by atoms with Crippen LogP contribution in [0.25, 0.3) is 11.3 Å². The topological polar surface area (TPSA) is 119 Å². The Hall–Kier alpha value is -4.27. The molecule has 4 rings (SSSR count). The molecular formula is C29H30N4O4. The van der Waals surface area contributed by atoms with Crippen LogP contribution >= 0.6 is 0 Å². The van der Waals surface area contributed by atoms with Crippen molar-refractivity contribution >= 4 is 11.9 Å². The molecule has 190 valence electrons. The number of hydrogen-bond donors (Lipinski definition) is 4. The summed E-state index contributed by atoms with van der Waals surface area (Å²) in [6, 6.07) is 25.1. The zero-order valence-corrected chi connectivity index (χ0v) is 20.5. The second kappa shape index (κ2) is 12.1. The van der Waals surface area contributed by atoms with Crippen molar-refractivity contribution < 1.29 is 20.1 Å². The number of benzene rings is 3. The largest absolute Gasteiger partial charge is 0.508 e. The molecular weight excluding hydrogens is 468 g/mol. The van der Waals surface area contributed by atoms with Crippen LogP contribution in [0.2, 0.25) is 0 Å². The maximum absolute atomic E-state index is 13.4. The number of nitrogens with zero attached hydrogens (tertiary/aromatic N) is 3. The lowest BCUT2D eigenvalue weighted by molar-refractivity contribution is 0.0681.